The third kappa shape index (κ3) is 2.95. The molecule has 72 valence electrons. The summed E-state index contributed by atoms with van der Waals surface area (Å²) in [7, 11) is 0. The number of rotatable bonds is 4. The van der Waals surface area contributed by atoms with E-state index in [1.54, 1.807) is 12.1 Å². The van der Waals surface area contributed by atoms with E-state index in [0.717, 1.165) is 24.8 Å². The second kappa shape index (κ2) is 4.72. The first kappa shape index (κ1) is 9.86. The van der Waals surface area contributed by atoms with Gasteiger partial charge in [-0.3, -0.25) is 0 Å². The van der Waals surface area contributed by atoms with E-state index < -0.39 is 0 Å². The first-order valence-corrected chi connectivity index (χ1v) is 4.51. The van der Waals surface area contributed by atoms with E-state index in [4.69, 9.17) is 11.5 Å². The van der Waals surface area contributed by atoms with E-state index in [1.807, 2.05) is 6.07 Å². The van der Waals surface area contributed by atoms with Crippen LogP contribution in [0.5, 0.6) is 5.75 Å². The van der Waals surface area contributed by atoms with E-state index in [9.17, 15) is 5.11 Å². The molecule has 0 atom stereocenters. The van der Waals surface area contributed by atoms with Gasteiger partial charge < -0.3 is 16.6 Å². The van der Waals surface area contributed by atoms with Crippen LogP contribution in [-0.2, 0) is 6.42 Å². The molecule has 0 radical (unpaired) electrons. The van der Waals surface area contributed by atoms with Crippen LogP contribution >= 0.6 is 0 Å². The number of unbranched alkanes of at least 4 members (excludes halogenated alkanes) is 1. The number of hydrogen-bond donors (Lipinski definition) is 3. The number of phenols is 1. The number of phenolic OH excluding ortho intramolecular Hbond substituents is 1. The maximum atomic E-state index is 9.48. The van der Waals surface area contributed by atoms with Crippen LogP contribution < -0.4 is 11.5 Å². The standard InChI is InChI=1S/C10H16N2O/c11-6-2-1-3-8-4-5-9(12)7-10(8)13/h4-5,7,13H,1-3,6,11-12H2. The lowest BCUT2D eigenvalue weighted by atomic mass is 10.1. The molecule has 0 heterocycles. The molecule has 0 fully saturated rings. The van der Waals surface area contributed by atoms with Gasteiger partial charge in [0, 0.05) is 11.8 Å². The van der Waals surface area contributed by atoms with Crippen molar-refractivity contribution in [2.24, 2.45) is 5.73 Å². The van der Waals surface area contributed by atoms with Gasteiger partial charge in [0.25, 0.3) is 0 Å². The predicted molar refractivity (Wildman–Crippen MR) is 54.5 cm³/mol. The normalized spacial score (nSPS) is 10.2. The fourth-order valence-electron chi connectivity index (χ4n) is 1.25. The minimum absolute atomic E-state index is 0.289. The van der Waals surface area contributed by atoms with Gasteiger partial charge >= 0.3 is 0 Å². The number of nitrogen functional groups attached to an aromatic ring is 1. The average Bonchev–Trinajstić information content (AvgIpc) is 2.09. The fourth-order valence-corrected chi connectivity index (χ4v) is 1.25. The van der Waals surface area contributed by atoms with Crippen molar-refractivity contribution in [3.05, 3.63) is 23.8 Å². The van der Waals surface area contributed by atoms with Gasteiger partial charge in [0.05, 0.1) is 0 Å². The molecular formula is C10H16N2O. The van der Waals surface area contributed by atoms with E-state index in [-0.39, 0.29) is 5.75 Å². The Bertz CT molecular complexity index is 274. The maximum absolute atomic E-state index is 9.48. The number of aryl methyl sites for hydroxylation is 1. The van der Waals surface area contributed by atoms with Crippen molar-refractivity contribution in [3.8, 4) is 5.75 Å². The second-order valence-corrected chi connectivity index (χ2v) is 3.13. The lowest BCUT2D eigenvalue weighted by Crippen LogP contribution is -1.99. The smallest absolute Gasteiger partial charge is 0.120 e. The first-order valence-electron chi connectivity index (χ1n) is 4.51. The summed E-state index contributed by atoms with van der Waals surface area (Å²) in [5.74, 6) is 0.289. The summed E-state index contributed by atoms with van der Waals surface area (Å²) in [5, 5.41) is 9.48. The molecule has 0 aliphatic rings. The third-order valence-corrected chi connectivity index (χ3v) is 2.01. The van der Waals surface area contributed by atoms with Gasteiger partial charge in [-0.15, -0.1) is 0 Å². The highest BCUT2D eigenvalue weighted by molar-refractivity contribution is 5.47. The van der Waals surface area contributed by atoms with E-state index in [2.05, 4.69) is 0 Å². The van der Waals surface area contributed by atoms with Gasteiger partial charge in [0.2, 0.25) is 0 Å². The summed E-state index contributed by atoms with van der Waals surface area (Å²) in [6, 6.07) is 5.25. The zero-order chi connectivity index (χ0) is 9.68. The summed E-state index contributed by atoms with van der Waals surface area (Å²) in [6.07, 6.45) is 2.86. The van der Waals surface area contributed by atoms with E-state index in [1.165, 1.54) is 0 Å². The number of hydrogen-bond acceptors (Lipinski definition) is 3. The van der Waals surface area contributed by atoms with Crippen molar-refractivity contribution in [1.82, 2.24) is 0 Å². The van der Waals surface area contributed by atoms with E-state index in [0.29, 0.717) is 12.2 Å². The largest absolute Gasteiger partial charge is 0.508 e. The molecule has 3 nitrogen and oxygen atoms in total. The Hall–Kier alpha value is -1.22. The monoisotopic (exact) mass is 180 g/mol. The molecule has 0 aliphatic carbocycles. The summed E-state index contributed by atoms with van der Waals surface area (Å²) in [6.45, 7) is 0.704. The van der Waals surface area contributed by atoms with Crippen LogP contribution in [0, 0.1) is 0 Å². The number of benzene rings is 1. The molecule has 3 heteroatoms. The van der Waals surface area contributed by atoms with Crippen LogP contribution in [0.15, 0.2) is 18.2 Å². The van der Waals surface area contributed by atoms with Gasteiger partial charge in [-0.1, -0.05) is 6.07 Å². The zero-order valence-corrected chi connectivity index (χ0v) is 7.66. The Morgan fingerprint density at radius 2 is 2.00 bits per heavy atom. The van der Waals surface area contributed by atoms with Crippen LogP contribution in [0.1, 0.15) is 18.4 Å². The average molecular weight is 180 g/mol. The number of nitrogens with two attached hydrogens (primary N) is 2. The lowest BCUT2D eigenvalue weighted by Gasteiger charge is -2.04. The molecule has 1 aromatic rings. The minimum atomic E-state index is 0.289. The molecule has 0 spiro atoms. The Kier molecular flexibility index (Phi) is 3.58. The molecule has 0 aromatic heterocycles. The van der Waals surface area contributed by atoms with Crippen molar-refractivity contribution >= 4 is 5.69 Å². The summed E-state index contributed by atoms with van der Waals surface area (Å²) in [4.78, 5) is 0. The third-order valence-electron chi connectivity index (χ3n) is 2.01. The van der Waals surface area contributed by atoms with E-state index >= 15 is 0 Å². The molecule has 1 aromatic carbocycles. The highest BCUT2D eigenvalue weighted by Gasteiger charge is 2.00. The van der Waals surface area contributed by atoms with Gasteiger partial charge in [0.1, 0.15) is 5.75 Å². The first-order chi connectivity index (χ1) is 6.24. The van der Waals surface area contributed by atoms with Gasteiger partial charge in [-0.25, -0.2) is 0 Å². The van der Waals surface area contributed by atoms with Crippen molar-refractivity contribution in [1.29, 1.82) is 0 Å². The summed E-state index contributed by atoms with van der Waals surface area (Å²) < 4.78 is 0. The van der Waals surface area contributed by atoms with Crippen LogP contribution in [0.3, 0.4) is 0 Å². The van der Waals surface area contributed by atoms with Crippen molar-refractivity contribution in [2.45, 2.75) is 19.3 Å². The maximum Gasteiger partial charge on any atom is 0.120 e. The van der Waals surface area contributed by atoms with Crippen LogP contribution in [0.4, 0.5) is 5.69 Å². The van der Waals surface area contributed by atoms with Crippen LogP contribution in [0.2, 0.25) is 0 Å². The summed E-state index contributed by atoms with van der Waals surface area (Å²) >= 11 is 0. The molecule has 13 heavy (non-hydrogen) atoms. The molecule has 0 unspecified atom stereocenters. The quantitative estimate of drug-likeness (QED) is 0.482. The Morgan fingerprint density at radius 1 is 1.23 bits per heavy atom. The molecule has 0 amide bonds. The molecule has 0 aliphatic heterocycles. The Morgan fingerprint density at radius 3 is 2.62 bits per heavy atom. The zero-order valence-electron chi connectivity index (χ0n) is 7.66. The molecule has 0 saturated carbocycles. The van der Waals surface area contributed by atoms with Gasteiger partial charge in [0.15, 0.2) is 0 Å². The summed E-state index contributed by atoms with van der Waals surface area (Å²) in [5.41, 5.74) is 12.4. The Balaban J connectivity index is 2.56. The molecule has 5 N–H and O–H groups in total. The van der Waals surface area contributed by atoms with Crippen molar-refractivity contribution in [3.63, 3.8) is 0 Å². The lowest BCUT2D eigenvalue weighted by molar-refractivity contribution is 0.467. The predicted octanol–water partition coefficient (Wildman–Crippen LogP) is 1.26. The van der Waals surface area contributed by atoms with Gasteiger partial charge in [-0.2, -0.15) is 0 Å². The van der Waals surface area contributed by atoms with Crippen molar-refractivity contribution < 1.29 is 5.11 Å². The Labute approximate surface area is 78.4 Å². The van der Waals surface area contributed by atoms with Crippen LogP contribution in [-0.4, -0.2) is 11.7 Å². The highest BCUT2D eigenvalue weighted by Crippen LogP contribution is 2.21. The molecule has 0 saturated heterocycles. The second-order valence-electron chi connectivity index (χ2n) is 3.13. The van der Waals surface area contributed by atoms with Gasteiger partial charge in [-0.05, 0) is 37.4 Å². The molecule has 1 rings (SSSR count). The topological polar surface area (TPSA) is 72.3 Å². The number of aromatic hydroxyl groups is 1. The van der Waals surface area contributed by atoms with Crippen LogP contribution in [0.25, 0.3) is 0 Å². The van der Waals surface area contributed by atoms with Crippen molar-refractivity contribution in [2.75, 3.05) is 12.3 Å². The minimum Gasteiger partial charge on any atom is -0.508 e. The highest BCUT2D eigenvalue weighted by atomic mass is 16.3. The molecular weight excluding hydrogens is 164 g/mol. The number of anilines is 1. The SMILES string of the molecule is NCCCCc1ccc(N)cc1O. The fraction of sp³-hybridized carbons (Fsp3) is 0.400. The molecule has 0 bridgehead atoms.